The van der Waals surface area contributed by atoms with Crippen molar-refractivity contribution in [2.75, 3.05) is 26.2 Å². The zero-order valence-corrected chi connectivity index (χ0v) is 14.9. The van der Waals surface area contributed by atoms with Crippen molar-refractivity contribution in [1.29, 1.82) is 0 Å². The number of aromatic nitrogens is 1. The molecule has 1 fully saturated rings. The number of piperazine rings is 1. The Bertz CT molecular complexity index is 703. The number of amides is 1. The van der Waals surface area contributed by atoms with Crippen LogP contribution in [0, 0.1) is 5.82 Å². The molecule has 0 spiro atoms. The Morgan fingerprint density at radius 1 is 1.17 bits per heavy atom. The van der Waals surface area contributed by atoms with Crippen molar-refractivity contribution in [1.82, 2.24) is 14.8 Å². The van der Waals surface area contributed by atoms with E-state index < -0.39 is 0 Å². The molecule has 1 saturated heterocycles. The van der Waals surface area contributed by atoms with Crippen LogP contribution in [0.15, 0.2) is 47.2 Å². The van der Waals surface area contributed by atoms with Crippen molar-refractivity contribution in [2.45, 2.75) is 13.0 Å². The molecule has 2 aromatic rings. The first-order valence-electron chi connectivity index (χ1n) is 7.95. The predicted molar refractivity (Wildman–Crippen MR) is 93.9 cm³/mol. The molecular formula is C18H19BrFN3O. The van der Waals surface area contributed by atoms with Gasteiger partial charge in [-0.05, 0) is 45.3 Å². The molecule has 1 aliphatic rings. The molecule has 3 rings (SSSR count). The Hall–Kier alpha value is -1.79. The molecule has 24 heavy (non-hydrogen) atoms. The van der Waals surface area contributed by atoms with Crippen LogP contribution in [0.4, 0.5) is 4.39 Å². The molecule has 6 heteroatoms. The number of hydrogen-bond donors (Lipinski definition) is 0. The zero-order valence-electron chi connectivity index (χ0n) is 13.3. The van der Waals surface area contributed by atoms with Crippen LogP contribution in [0.1, 0.15) is 11.1 Å². The molecule has 0 radical (unpaired) electrons. The van der Waals surface area contributed by atoms with Crippen molar-refractivity contribution in [3.8, 4) is 0 Å². The fourth-order valence-electron chi connectivity index (χ4n) is 2.84. The van der Waals surface area contributed by atoms with Gasteiger partial charge in [0.05, 0.1) is 10.9 Å². The topological polar surface area (TPSA) is 36.4 Å². The molecule has 0 aliphatic carbocycles. The highest BCUT2D eigenvalue weighted by Gasteiger charge is 2.21. The minimum absolute atomic E-state index is 0.0922. The van der Waals surface area contributed by atoms with E-state index >= 15 is 0 Å². The van der Waals surface area contributed by atoms with Crippen molar-refractivity contribution in [3.05, 3.63) is 64.1 Å². The molecule has 1 aromatic heterocycles. The van der Waals surface area contributed by atoms with E-state index in [1.807, 2.05) is 17.2 Å². The number of benzene rings is 1. The number of halogens is 2. The first-order chi connectivity index (χ1) is 11.6. The van der Waals surface area contributed by atoms with Gasteiger partial charge in [-0.25, -0.2) is 4.39 Å². The van der Waals surface area contributed by atoms with Gasteiger partial charge in [0, 0.05) is 45.1 Å². The zero-order chi connectivity index (χ0) is 16.9. The standard InChI is InChI=1S/C18H19BrFN3O/c19-16-10-14(3-4-17(16)20)11-18(24)23-8-6-22(7-9-23)13-15-2-1-5-21-12-15/h1-5,10,12H,6-9,11,13H2. The third-order valence-electron chi connectivity index (χ3n) is 4.19. The summed E-state index contributed by atoms with van der Waals surface area (Å²) in [6.07, 6.45) is 3.96. The van der Waals surface area contributed by atoms with Gasteiger partial charge in [0.15, 0.2) is 0 Å². The molecule has 0 atom stereocenters. The fraction of sp³-hybridized carbons (Fsp3) is 0.333. The lowest BCUT2D eigenvalue weighted by molar-refractivity contribution is -0.132. The lowest BCUT2D eigenvalue weighted by Gasteiger charge is -2.34. The number of nitrogens with zero attached hydrogens (tertiary/aromatic N) is 3. The molecular weight excluding hydrogens is 373 g/mol. The Labute approximate surface area is 149 Å². The smallest absolute Gasteiger partial charge is 0.227 e. The average molecular weight is 392 g/mol. The molecule has 0 unspecified atom stereocenters. The van der Waals surface area contributed by atoms with Crippen LogP contribution in [0.3, 0.4) is 0 Å². The monoisotopic (exact) mass is 391 g/mol. The largest absolute Gasteiger partial charge is 0.340 e. The van der Waals surface area contributed by atoms with Crippen LogP contribution in [0.5, 0.6) is 0 Å². The summed E-state index contributed by atoms with van der Waals surface area (Å²) in [5.74, 6) is -0.218. The summed E-state index contributed by atoms with van der Waals surface area (Å²) in [6.45, 7) is 4.02. The van der Waals surface area contributed by atoms with Crippen LogP contribution in [-0.4, -0.2) is 46.9 Å². The number of pyridine rings is 1. The minimum Gasteiger partial charge on any atom is -0.340 e. The maximum absolute atomic E-state index is 13.3. The second kappa shape index (κ2) is 7.85. The maximum atomic E-state index is 13.3. The quantitative estimate of drug-likeness (QED) is 0.803. The van der Waals surface area contributed by atoms with E-state index in [0.29, 0.717) is 10.9 Å². The molecule has 4 nitrogen and oxygen atoms in total. The van der Waals surface area contributed by atoms with E-state index in [4.69, 9.17) is 0 Å². The lowest BCUT2D eigenvalue weighted by Crippen LogP contribution is -2.48. The number of hydrogen-bond acceptors (Lipinski definition) is 3. The fourth-order valence-corrected chi connectivity index (χ4v) is 3.27. The van der Waals surface area contributed by atoms with Crippen molar-refractivity contribution in [3.63, 3.8) is 0 Å². The Balaban J connectivity index is 1.50. The van der Waals surface area contributed by atoms with Gasteiger partial charge in [-0.15, -0.1) is 0 Å². The van der Waals surface area contributed by atoms with E-state index in [9.17, 15) is 9.18 Å². The average Bonchev–Trinajstić information content (AvgIpc) is 2.60. The molecule has 126 valence electrons. The van der Waals surface area contributed by atoms with Gasteiger partial charge in [0.25, 0.3) is 0 Å². The van der Waals surface area contributed by atoms with E-state index in [1.54, 1.807) is 18.3 Å². The summed E-state index contributed by atoms with van der Waals surface area (Å²) < 4.78 is 13.7. The van der Waals surface area contributed by atoms with Crippen LogP contribution < -0.4 is 0 Å². The van der Waals surface area contributed by atoms with Crippen LogP contribution in [0.25, 0.3) is 0 Å². The van der Waals surface area contributed by atoms with Crippen LogP contribution in [-0.2, 0) is 17.8 Å². The van der Waals surface area contributed by atoms with Crippen LogP contribution >= 0.6 is 15.9 Å². The van der Waals surface area contributed by atoms with Gasteiger partial charge in [0.2, 0.25) is 5.91 Å². The first kappa shape index (κ1) is 17.0. The van der Waals surface area contributed by atoms with Gasteiger partial charge in [0.1, 0.15) is 5.82 Å². The Morgan fingerprint density at radius 3 is 2.62 bits per heavy atom. The summed E-state index contributed by atoms with van der Waals surface area (Å²) >= 11 is 3.16. The Kier molecular flexibility index (Phi) is 5.58. The summed E-state index contributed by atoms with van der Waals surface area (Å²) in [7, 11) is 0. The highest BCUT2D eigenvalue weighted by atomic mass is 79.9. The van der Waals surface area contributed by atoms with Crippen LogP contribution in [0.2, 0.25) is 0 Å². The predicted octanol–water partition coefficient (Wildman–Crippen LogP) is 2.87. The first-order valence-corrected chi connectivity index (χ1v) is 8.74. The maximum Gasteiger partial charge on any atom is 0.227 e. The van der Waals surface area contributed by atoms with Crippen molar-refractivity contribution < 1.29 is 9.18 Å². The highest BCUT2D eigenvalue weighted by Crippen LogP contribution is 2.18. The van der Waals surface area contributed by atoms with Gasteiger partial charge < -0.3 is 4.90 Å². The molecule has 0 bridgehead atoms. The third kappa shape index (κ3) is 4.39. The third-order valence-corrected chi connectivity index (χ3v) is 4.80. The molecule has 1 aliphatic heterocycles. The van der Waals surface area contributed by atoms with Gasteiger partial charge >= 0.3 is 0 Å². The van der Waals surface area contributed by atoms with Crippen molar-refractivity contribution >= 4 is 21.8 Å². The highest BCUT2D eigenvalue weighted by molar-refractivity contribution is 9.10. The summed E-state index contributed by atoms with van der Waals surface area (Å²) in [6, 6.07) is 8.73. The summed E-state index contributed by atoms with van der Waals surface area (Å²) in [5.41, 5.74) is 2.01. The molecule has 1 amide bonds. The van der Waals surface area contributed by atoms with E-state index in [1.165, 1.54) is 11.6 Å². The molecule has 0 saturated carbocycles. The molecule has 0 N–H and O–H groups in total. The van der Waals surface area contributed by atoms with Crippen molar-refractivity contribution in [2.24, 2.45) is 0 Å². The van der Waals surface area contributed by atoms with Gasteiger partial charge in [-0.3, -0.25) is 14.7 Å². The Morgan fingerprint density at radius 2 is 1.96 bits per heavy atom. The summed E-state index contributed by atoms with van der Waals surface area (Å²) in [5, 5.41) is 0. The summed E-state index contributed by atoms with van der Waals surface area (Å²) in [4.78, 5) is 20.8. The number of rotatable bonds is 4. The second-order valence-corrected chi connectivity index (χ2v) is 6.80. The van der Waals surface area contributed by atoms with E-state index in [2.05, 4.69) is 31.9 Å². The van der Waals surface area contributed by atoms with E-state index in [-0.39, 0.29) is 11.7 Å². The van der Waals surface area contributed by atoms with E-state index in [0.717, 1.165) is 38.3 Å². The van der Waals surface area contributed by atoms with Gasteiger partial charge in [-0.2, -0.15) is 0 Å². The number of carbonyl (C=O) groups excluding carboxylic acids is 1. The lowest BCUT2D eigenvalue weighted by atomic mass is 10.1. The molecule has 1 aromatic carbocycles. The van der Waals surface area contributed by atoms with Gasteiger partial charge in [-0.1, -0.05) is 12.1 Å². The second-order valence-electron chi connectivity index (χ2n) is 5.94. The molecule has 2 heterocycles. The minimum atomic E-state index is -0.310. The SMILES string of the molecule is O=C(Cc1ccc(F)c(Br)c1)N1CCN(Cc2cccnc2)CC1. The number of carbonyl (C=O) groups is 1. The normalized spacial score (nSPS) is 15.5.